The number of hydrogen-bond donors (Lipinski definition) is 1. The maximum absolute atomic E-state index is 6.03. The fraction of sp³-hybridized carbons (Fsp3) is 0.312. The Morgan fingerprint density at radius 3 is 3.14 bits per heavy atom. The van der Waals surface area contributed by atoms with Gasteiger partial charge in [-0.25, -0.2) is 4.68 Å². The minimum Gasteiger partial charge on any atom is -0.360 e. The van der Waals surface area contributed by atoms with Crippen LogP contribution in [0.15, 0.2) is 36.8 Å². The molecule has 1 N–H and O–H groups in total. The summed E-state index contributed by atoms with van der Waals surface area (Å²) in [6.45, 7) is 0.825. The average molecular weight is 302 g/mol. The molecule has 0 saturated carbocycles. The molecule has 4 nitrogen and oxygen atoms in total. The van der Waals surface area contributed by atoms with Gasteiger partial charge in [0.25, 0.3) is 0 Å². The molecule has 4 rings (SSSR count). The molecule has 108 valence electrons. The monoisotopic (exact) mass is 301 g/mol. The standard InChI is InChI=1S/C16H16ClN3O/c17-12-4-5-13-14(9-18-15(13)7-12)11-8-19-20(10-11)16-3-1-2-6-21-16/h4-5,7-10,16,18H,1-3,6H2. The minimum absolute atomic E-state index is 0.0761. The van der Waals surface area contributed by atoms with E-state index in [0.29, 0.717) is 0 Å². The molecule has 0 radical (unpaired) electrons. The molecule has 21 heavy (non-hydrogen) atoms. The van der Waals surface area contributed by atoms with Crippen LogP contribution in [0.3, 0.4) is 0 Å². The molecule has 3 aromatic rings. The van der Waals surface area contributed by atoms with E-state index in [4.69, 9.17) is 16.3 Å². The number of halogens is 1. The zero-order chi connectivity index (χ0) is 14.2. The number of H-pyrrole nitrogens is 1. The molecule has 1 aliphatic heterocycles. The van der Waals surface area contributed by atoms with Crippen molar-refractivity contribution in [3.05, 3.63) is 41.8 Å². The van der Waals surface area contributed by atoms with Crippen molar-refractivity contribution < 1.29 is 4.74 Å². The SMILES string of the molecule is Clc1ccc2c(-c3cnn(C4CCCCO4)c3)c[nH]c2c1. The number of nitrogens with one attached hydrogen (secondary N) is 1. The van der Waals surface area contributed by atoms with Gasteiger partial charge in [-0.3, -0.25) is 0 Å². The second kappa shape index (κ2) is 5.20. The number of nitrogens with zero attached hydrogens (tertiary/aromatic N) is 2. The smallest absolute Gasteiger partial charge is 0.150 e. The summed E-state index contributed by atoms with van der Waals surface area (Å²) in [5.41, 5.74) is 3.28. The third kappa shape index (κ3) is 2.34. The van der Waals surface area contributed by atoms with Gasteiger partial charge in [0, 0.05) is 46.1 Å². The average Bonchev–Trinajstić information content (AvgIpc) is 3.13. The first-order chi connectivity index (χ1) is 10.3. The van der Waals surface area contributed by atoms with Crippen molar-refractivity contribution in [2.75, 3.05) is 6.61 Å². The summed E-state index contributed by atoms with van der Waals surface area (Å²) < 4.78 is 7.71. The van der Waals surface area contributed by atoms with Crippen molar-refractivity contribution in [1.29, 1.82) is 0 Å². The normalized spacial score (nSPS) is 19.2. The van der Waals surface area contributed by atoms with Crippen LogP contribution >= 0.6 is 11.6 Å². The molecular formula is C16H16ClN3O. The molecule has 1 aliphatic rings. The first kappa shape index (κ1) is 12.9. The Kier molecular flexibility index (Phi) is 3.20. The molecule has 1 saturated heterocycles. The molecule has 0 spiro atoms. The van der Waals surface area contributed by atoms with Gasteiger partial charge >= 0.3 is 0 Å². The second-order valence-corrected chi connectivity index (χ2v) is 5.86. The topological polar surface area (TPSA) is 42.8 Å². The van der Waals surface area contributed by atoms with Crippen LogP contribution in [0.5, 0.6) is 0 Å². The molecule has 0 amide bonds. The van der Waals surface area contributed by atoms with Crippen LogP contribution < -0.4 is 0 Å². The van der Waals surface area contributed by atoms with Crippen LogP contribution in [0.1, 0.15) is 25.5 Å². The zero-order valence-electron chi connectivity index (χ0n) is 11.6. The number of aromatic amines is 1. The predicted octanol–water partition coefficient (Wildman–Crippen LogP) is 4.38. The molecular weight excluding hydrogens is 286 g/mol. The van der Waals surface area contributed by atoms with Crippen molar-refractivity contribution in [2.24, 2.45) is 0 Å². The Bertz CT molecular complexity index is 771. The van der Waals surface area contributed by atoms with Crippen molar-refractivity contribution in [2.45, 2.75) is 25.5 Å². The Morgan fingerprint density at radius 2 is 2.29 bits per heavy atom. The van der Waals surface area contributed by atoms with Gasteiger partial charge in [0.15, 0.2) is 0 Å². The first-order valence-electron chi connectivity index (χ1n) is 7.24. The Morgan fingerprint density at radius 1 is 1.33 bits per heavy atom. The summed E-state index contributed by atoms with van der Waals surface area (Å²) in [7, 11) is 0. The summed E-state index contributed by atoms with van der Waals surface area (Å²) in [6, 6.07) is 5.89. The van der Waals surface area contributed by atoms with Crippen LogP contribution in [0.2, 0.25) is 5.02 Å². The van der Waals surface area contributed by atoms with E-state index >= 15 is 0 Å². The predicted molar refractivity (Wildman–Crippen MR) is 83.4 cm³/mol. The van der Waals surface area contributed by atoms with Gasteiger partial charge in [-0.2, -0.15) is 5.10 Å². The maximum atomic E-state index is 6.03. The van der Waals surface area contributed by atoms with E-state index in [1.807, 2.05) is 35.3 Å². The van der Waals surface area contributed by atoms with E-state index in [2.05, 4.69) is 16.3 Å². The van der Waals surface area contributed by atoms with Crippen LogP contribution in [-0.4, -0.2) is 21.4 Å². The fourth-order valence-electron chi connectivity index (χ4n) is 2.90. The largest absolute Gasteiger partial charge is 0.360 e. The van der Waals surface area contributed by atoms with Gasteiger partial charge in [-0.1, -0.05) is 17.7 Å². The number of hydrogen-bond acceptors (Lipinski definition) is 2. The van der Waals surface area contributed by atoms with E-state index in [0.717, 1.165) is 46.5 Å². The summed E-state index contributed by atoms with van der Waals surface area (Å²) >= 11 is 6.03. The lowest BCUT2D eigenvalue weighted by molar-refractivity contribution is -0.0394. The summed E-state index contributed by atoms with van der Waals surface area (Å²) in [5.74, 6) is 0. The quantitative estimate of drug-likeness (QED) is 0.763. The molecule has 1 aromatic carbocycles. The molecule has 0 aliphatic carbocycles. The van der Waals surface area contributed by atoms with Crippen molar-refractivity contribution in [3.8, 4) is 11.1 Å². The van der Waals surface area contributed by atoms with Gasteiger partial charge in [0.2, 0.25) is 0 Å². The third-order valence-electron chi connectivity index (χ3n) is 4.01. The van der Waals surface area contributed by atoms with Crippen LogP contribution in [0.25, 0.3) is 22.0 Å². The number of benzene rings is 1. The summed E-state index contributed by atoms with van der Waals surface area (Å²) in [5, 5.41) is 6.37. The molecule has 2 aromatic heterocycles. The lowest BCUT2D eigenvalue weighted by Crippen LogP contribution is -2.18. The highest BCUT2D eigenvalue weighted by Crippen LogP contribution is 2.31. The molecule has 0 bridgehead atoms. The summed E-state index contributed by atoms with van der Waals surface area (Å²) in [4.78, 5) is 3.26. The number of fused-ring (bicyclic) bond motifs is 1. The minimum atomic E-state index is 0.0761. The van der Waals surface area contributed by atoms with E-state index < -0.39 is 0 Å². The second-order valence-electron chi connectivity index (χ2n) is 5.42. The highest BCUT2D eigenvalue weighted by Gasteiger charge is 2.17. The van der Waals surface area contributed by atoms with E-state index in [1.165, 1.54) is 6.42 Å². The lowest BCUT2D eigenvalue weighted by atomic mass is 10.1. The Hall–Kier alpha value is -1.78. The van der Waals surface area contributed by atoms with Crippen LogP contribution in [-0.2, 0) is 4.74 Å². The van der Waals surface area contributed by atoms with Gasteiger partial charge in [-0.15, -0.1) is 0 Å². The van der Waals surface area contributed by atoms with E-state index in [1.54, 1.807) is 0 Å². The van der Waals surface area contributed by atoms with Crippen molar-refractivity contribution in [3.63, 3.8) is 0 Å². The van der Waals surface area contributed by atoms with E-state index in [9.17, 15) is 0 Å². The molecule has 1 atom stereocenters. The lowest BCUT2D eigenvalue weighted by Gasteiger charge is -2.22. The van der Waals surface area contributed by atoms with Crippen molar-refractivity contribution in [1.82, 2.24) is 14.8 Å². The van der Waals surface area contributed by atoms with E-state index in [-0.39, 0.29) is 6.23 Å². The summed E-state index contributed by atoms with van der Waals surface area (Å²) in [6.07, 6.45) is 9.42. The van der Waals surface area contributed by atoms with Gasteiger partial charge < -0.3 is 9.72 Å². The maximum Gasteiger partial charge on any atom is 0.150 e. The number of ether oxygens (including phenoxy) is 1. The zero-order valence-corrected chi connectivity index (χ0v) is 12.3. The van der Waals surface area contributed by atoms with Gasteiger partial charge in [0.1, 0.15) is 6.23 Å². The van der Waals surface area contributed by atoms with Crippen LogP contribution in [0.4, 0.5) is 0 Å². The Labute approximate surface area is 127 Å². The third-order valence-corrected chi connectivity index (χ3v) is 4.24. The first-order valence-corrected chi connectivity index (χ1v) is 7.62. The Balaban J connectivity index is 1.70. The highest BCUT2D eigenvalue weighted by atomic mass is 35.5. The van der Waals surface area contributed by atoms with Gasteiger partial charge in [0.05, 0.1) is 6.20 Å². The van der Waals surface area contributed by atoms with Crippen LogP contribution in [0, 0.1) is 0 Å². The molecule has 3 heterocycles. The van der Waals surface area contributed by atoms with Gasteiger partial charge in [-0.05, 0) is 31.4 Å². The fourth-order valence-corrected chi connectivity index (χ4v) is 3.08. The molecule has 1 unspecified atom stereocenters. The molecule has 1 fully saturated rings. The number of rotatable bonds is 2. The highest BCUT2D eigenvalue weighted by molar-refractivity contribution is 6.31. The molecule has 5 heteroatoms. The number of aromatic nitrogens is 3. The van der Waals surface area contributed by atoms with Crippen molar-refractivity contribution >= 4 is 22.5 Å².